The molecule has 23 heavy (non-hydrogen) atoms. The van der Waals surface area contributed by atoms with Gasteiger partial charge < -0.3 is 9.47 Å². The molecule has 0 aromatic carbocycles. The summed E-state index contributed by atoms with van der Waals surface area (Å²) in [6, 6.07) is 4.24. The lowest BCUT2D eigenvalue weighted by Gasteiger charge is -2.25. The van der Waals surface area contributed by atoms with Crippen molar-refractivity contribution in [3.05, 3.63) is 36.3 Å². The van der Waals surface area contributed by atoms with Gasteiger partial charge in [-0.25, -0.2) is 0 Å². The Bertz CT molecular complexity index is 664. The van der Waals surface area contributed by atoms with Crippen molar-refractivity contribution >= 4 is 17.7 Å². The molecule has 2 aromatic heterocycles. The number of carbonyl (C=O) groups is 1. The summed E-state index contributed by atoms with van der Waals surface area (Å²) in [5.74, 6) is 2.04. The van der Waals surface area contributed by atoms with Crippen LogP contribution < -0.4 is 0 Å². The van der Waals surface area contributed by atoms with Gasteiger partial charge in [0.05, 0.1) is 6.20 Å². The fraction of sp³-hybridized carbons (Fsp3) is 0.529. The van der Waals surface area contributed by atoms with Crippen LogP contribution in [0.3, 0.4) is 0 Å². The van der Waals surface area contributed by atoms with Crippen molar-refractivity contribution in [2.24, 2.45) is 7.05 Å². The van der Waals surface area contributed by atoms with Gasteiger partial charge in [-0.2, -0.15) is 16.9 Å². The van der Waals surface area contributed by atoms with Gasteiger partial charge in [0.15, 0.2) is 0 Å². The largest absolute Gasteiger partial charge is 0.339 e. The quantitative estimate of drug-likeness (QED) is 0.845. The van der Waals surface area contributed by atoms with Gasteiger partial charge in [-0.1, -0.05) is 6.92 Å². The molecule has 1 saturated carbocycles. The van der Waals surface area contributed by atoms with Crippen molar-refractivity contribution < 1.29 is 4.79 Å². The first-order chi connectivity index (χ1) is 11.1. The van der Waals surface area contributed by atoms with Gasteiger partial charge in [-0.3, -0.25) is 9.48 Å². The highest BCUT2D eigenvalue weighted by Gasteiger charge is 2.31. The predicted octanol–water partition coefficient (Wildman–Crippen LogP) is 2.96. The topological polar surface area (TPSA) is 43.1 Å². The summed E-state index contributed by atoms with van der Waals surface area (Å²) in [6.45, 7) is 2.20. The first kappa shape index (κ1) is 16.2. The minimum absolute atomic E-state index is 0.0638. The van der Waals surface area contributed by atoms with Crippen LogP contribution in [0.15, 0.2) is 30.7 Å². The van der Waals surface area contributed by atoms with Gasteiger partial charge in [0.1, 0.15) is 11.4 Å². The molecule has 6 heteroatoms. The van der Waals surface area contributed by atoms with Crippen LogP contribution in [0, 0.1) is 0 Å². The summed E-state index contributed by atoms with van der Waals surface area (Å²) in [7, 11) is 3.80. The van der Waals surface area contributed by atoms with E-state index in [2.05, 4.69) is 12.0 Å². The zero-order chi connectivity index (χ0) is 16.4. The van der Waals surface area contributed by atoms with Gasteiger partial charge >= 0.3 is 0 Å². The van der Waals surface area contributed by atoms with E-state index in [1.54, 1.807) is 10.9 Å². The first-order valence-corrected chi connectivity index (χ1v) is 9.20. The van der Waals surface area contributed by atoms with Crippen LogP contribution in [0.5, 0.6) is 0 Å². The lowest BCUT2D eigenvalue weighted by atomic mass is 10.2. The van der Waals surface area contributed by atoms with E-state index in [-0.39, 0.29) is 5.91 Å². The molecular weight excluding hydrogens is 308 g/mol. The number of carbonyl (C=O) groups excluding carboxylic acids is 1. The maximum atomic E-state index is 13.0. The Balaban J connectivity index is 1.79. The molecule has 1 amide bonds. The molecule has 5 nitrogen and oxygen atoms in total. The molecule has 1 aliphatic rings. The minimum atomic E-state index is 0.0638. The number of hydrogen-bond acceptors (Lipinski definition) is 3. The Morgan fingerprint density at radius 2 is 2.13 bits per heavy atom. The Labute approximate surface area is 141 Å². The Morgan fingerprint density at radius 1 is 1.39 bits per heavy atom. The maximum absolute atomic E-state index is 13.0. The molecule has 2 heterocycles. The van der Waals surface area contributed by atoms with Crippen LogP contribution in [0.2, 0.25) is 0 Å². The third-order valence-electron chi connectivity index (χ3n) is 4.61. The van der Waals surface area contributed by atoms with E-state index < -0.39 is 0 Å². The number of rotatable bonds is 5. The van der Waals surface area contributed by atoms with Gasteiger partial charge in [-0.15, -0.1) is 0 Å². The summed E-state index contributed by atoms with van der Waals surface area (Å²) < 4.78 is 3.70. The lowest BCUT2D eigenvalue weighted by Crippen LogP contribution is -2.36. The zero-order valence-corrected chi connectivity index (χ0v) is 14.8. The molecular formula is C17H24N4OS. The van der Waals surface area contributed by atoms with Gasteiger partial charge in [0.2, 0.25) is 0 Å². The molecule has 1 fully saturated rings. The average molecular weight is 332 g/mol. The number of amides is 1. The highest BCUT2D eigenvalue weighted by molar-refractivity contribution is 7.99. The third kappa shape index (κ3) is 3.17. The second kappa shape index (κ2) is 6.83. The Morgan fingerprint density at radius 3 is 2.83 bits per heavy atom. The molecule has 1 aliphatic carbocycles. The molecule has 0 N–H and O–H groups in total. The van der Waals surface area contributed by atoms with Crippen molar-refractivity contribution in [2.45, 2.75) is 37.5 Å². The van der Waals surface area contributed by atoms with E-state index in [1.165, 1.54) is 6.42 Å². The first-order valence-electron chi connectivity index (χ1n) is 8.16. The summed E-state index contributed by atoms with van der Waals surface area (Å²) in [5, 5.41) is 4.98. The number of aromatic nitrogens is 3. The van der Waals surface area contributed by atoms with Crippen LogP contribution in [0.4, 0.5) is 0 Å². The molecule has 124 valence electrons. The fourth-order valence-corrected chi connectivity index (χ4v) is 4.51. The van der Waals surface area contributed by atoms with Crippen LogP contribution in [-0.2, 0) is 7.05 Å². The lowest BCUT2D eigenvalue weighted by molar-refractivity contribution is 0.0735. The van der Waals surface area contributed by atoms with Gasteiger partial charge in [0.25, 0.3) is 5.91 Å². The molecule has 0 aliphatic heterocycles. The van der Waals surface area contributed by atoms with E-state index in [4.69, 9.17) is 0 Å². The number of aryl methyl sites for hydroxylation is 1. The van der Waals surface area contributed by atoms with Crippen molar-refractivity contribution in [3.63, 3.8) is 0 Å². The highest BCUT2D eigenvalue weighted by atomic mass is 32.2. The average Bonchev–Trinajstić information content (AvgIpc) is 3.26. The number of thioether (sulfide) groups is 1. The van der Waals surface area contributed by atoms with E-state index in [0.717, 1.165) is 24.4 Å². The van der Waals surface area contributed by atoms with E-state index in [0.29, 0.717) is 16.9 Å². The van der Waals surface area contributed by atoms with Crippen LogP contribution in [0.1, 0.15) is 36.5 Å². The Hall–Kier alpha value is -1.69. The third-order valence-corrected chi connectivity index (χ3v) is 5.85. The number of hydrogen-bond donors (Lipinski definition) is 0. The van der Waals surface area contributed by atoms with E-state index in [1.807, 2.05) is 59.9 Å². The normalized spacial score (nSPS) is 20.8. The smallest absolute Gasteiger partial charge is 0.259 e. The van der Waals surface area contributed by atoms with Crippen molar-refractivity contribution in [1.82, 2.24) is 19.2 Å². The van der Waals surface area contributed by atoms with Crippen LogP contribution >= 0.6 is 11.8 Å². The molecule has 0 spiro atoms. The second-order valence-corrected chi connectivity index (χ2v) is 7.63. The molecule has 0 unspecified atom stereocenters. The summed E-state index contributed by atoms with van der Waals surface area (Å²) in [6.07, 6.45) is 8.97. The van der Waals surface area contributed by atoms with Gasteiger partial charge in [-0.05, 0) is 37.1 Å². The number of nitrogens with zero attached hydrogens (tertiary/aromatic N) is 4. The maximum Gasteiger partial charge on any atom is 0.259 e. The molecule has 0 radical (unpaired) electrons. The fourth-order valence-electron chi connectivity index (χ4n) is 3.38. The van der Waals surface area contributed by atoms with Crippen molar-refractivity contribution in [2.75, 3.05) is 12.8 Å². The van der Waals surface area contributed by atoms with E-state index in [9.17, 15) is 4.79 Å². The van der Waals surface area contributed by atoms with Crippen molar-refractivity contribution in [1.29, 1.82) is 0 Å². The second-order valence-electron chi connectivity index (χ2n) is 6.06. The van der Waals surface area contributed by atoms with Crippen LogP contribution in [-0.4, -0.2) is 49.2 Å². The monoisotopic (exact) mass is 332 g/mol. The van der Waals surface area contributed by atoms with E-state index >= 15 is 0 Å². The van der Waals surface area contributed by atoms with Crippen LogP contribution in [0.25, 0.3) is 5.82 Å². The summed E-state index contributed by atoms with van der Waals surface area (Å²) in [5.41, 5.74) is 0.665. The SMILES string of the molecule is CCS[C@@H]1CC[C@H](N(C)C(=O)c2cnn(C)c2-n2cccc2)C1. The minimum Gasteiger partial charge on any atom is -0.339 e. The summed E-state index contributed by atoms with van der Waals surface area (Å²) >= 11 is 2.01. The highest BCUT2D eigenvalue weighted by Crippen LogP contribution is 2.33. The molecule has 2 aromatic rings. The van der Waals surface area contributed by atoms with Gasteiger partial charge in [0, 0.05) is 37.8 Å². The molecule has 0 saturated heterocycles. The molecule has 3 rings (SSSR count). The zero-order valence-electron chi connectivity index (χ0n) is 14.0. The predicted molar refractivity (Wildman–Crippen MR) is 94.2 cm³/mol. The Kier molecular flexibility index (Phi) is 4.80. The van der Waals surface area contributed by atoms with Crippen molar-refractivity contribution in [3.8, 4) is 5.82 Å². The molecule has 2 atom stereocenters. The summed E-state index contributed by atoms with van der Waals surface area (Å²) in [4.78, 5) is 14.9. The standard InChI is InChI=1S/C17H24N4OS/c1-4-23-14-8-7-13(11-14)19(2)17(22)15-12-18-20(3)16(15)21-9-5-6-10-21/h5-6,9-10,12-14H,4,7-8,11H2,1-3H3/t13-,14+/m0/s1. The molecule has 0 bridgehead atoms.